The third kappa shape index (κ3) is 4.42. The van der Waals surface area contributed by atoms with Gasteiger partial charge in [-0.3, -0.25) is 9.59 Å². The summed E-state index contributed by atoms with van der Waals surface area (Å²) in [6.07, 6.45) is 1.33. The van der Waals surface area contributed by atoms with E-state index in [2.05, 4.69) is 47.7 Å². The molecule has 0 saturated heterocycles. The van der Waals surface area contributed by atoms with E-state index in [1.54, 1.807) is 24.3 Å². The number of nitrogens with zero attached hydrogens (tertiary/aromatic N) is 1. The van der Waals surface area contributed by atoms with Gasteiger partial charge in [0.05, 0.1) is 10.7 Å². The highest BCUT2D eigenvalue weighted by Gasteiger charge is 2.08. The van der Waals surface area contributed by atoms with Gasteiger partial charge in [-0.15, -0.1) is 0 Å². The molecular weight excluding hydrogens is 442 g/mol. The summed E-state index contributed by atoms with van der Waals surface area (Å²) in [4.78, 5) is 23.4. The Labute approximate surface area is 155 Å². The van der Waals surface area contributed by atoms with Crippen molar-refractivity contribution in [2.24, 2.45) is 5.10 Å². The van der Waals surface area contributed by atoms with Crippen LogP contribution in [0.5, 0.6) is 5.75 Å². The second kappa shape index (κ2) is 8.07. The Morgan fingerprint density at radius 2 is 1.67 bits per heavy atom. The van der Waals surface area contributed by atoms with Crippen molar-refractivity contribution in [1.29, 1.82) is 0 Å². The van der Waals surface area contributed by atoms with Gasteiger partial charge in [-0.25, -0.2) is 5.43 Å². The zero-order valence-corrected chi connectivity index (χ0v) is 15.7. The fourth-order valence-corrected chi connectivity index (χ4v) is 3.08. The monoisotopic (exact) mass is 453 g/mol. The zero-order chi connectivity index (χ0) is 17.7. The predicted octanol–water partition coefficient (Wildman–Crippen LogP) is 3.04. The van der Waals surface area contributed by atoms with Crippen LogP contribution in [-0.4, -0.2) is 30.2 Å². The highest BCUT2D eigenvalue weighted by Crippen LogP contribution is 2.30. The van der Waals surface area contributed by atoms with Crippen LogP contribution in [-0.2, 0) is 0 Å². The van der Waals surface area contributed by atoms with Crippen molar-refractivity contribution in [2.45, 2.75) is 0 Å². The molecule has 0 atom stereocenters. The van der Waals surface area contributed by atoms with Gasteiger partial charge < -0.3 is 10.4 Å². The minimum atomic E-state index is -0.428. The first kappa shape index (κ1) is 18.2. The van der Waals surface area contributed by atoms with E-state index >= 15 is 0 Å². The van der Waals surface area contributed by atoms with Crippen molar-refractivity contribution >= 4 is 49.9 Å². The van der Waals surface area contributed by atoms with Crippen molar-refractivity contribution < 1.29 is 14.7 Å². The Morgan fingerprint density at radius 1 is 1.08 bits per heavy atom. The number of hydrogen-bond donors (Lipinski definition) is 3. The fourth-order valence-electron chi connectivity index (χ4n) is 1.83. The molecule has 2 amide bonds. The average Bonchev–Trinajstić information content (AvgIpc) is 2.58. The lowest BCUT2D eigenvalue weighted by molar-refractivity contribution is 0.0946. The molecular formula is C16H13Br2N3O3. The Kier molecular flexibility index (Phi) is 6.10. The van der Waals surface area contributed by atoms with Crippen LogP contribution in [0.4, 0.5) is 0 Å². The van der Waals surface area contributed by atoms with Crippen LogP contribution < -0.4 is 10.7 Å². The zero-order valence-electron chi connectivity index (χ0n) is 12.5. The maximum absolute atomic E-state index is 12.0. The lowest BCUT2D eigenvalue weighted by Crippen LogP contribution is -2.19. The first-order chi connectivity index (χ1) is 11.4. The van der Waals surface area contributed by atoms with E-state index in [0.717, 1.165) is 4.47 Å². The third-order valence-corrected chi connectivity index (χ3v) is 4.13. The summed E-state index contributed by atoms with van der Waals surface area (Å²) in [6.45, 7) is 0. The van der Waals surface area contributed by atoms with Crippen molar-refractivity contribution in [2.75, 3.05) is 7.05 Å². The standard InChI is InChI=1S/C16H13Br2N3O3/c1-19-15(23)9-2-4-10(5-3-9)16(24)21-20-8-11-6-12(17)7-13(18)14(11)22/h2-8,22H,1H3,(H,19,23)(H,21,24). The summed E-state index contributed by atoms with van der Waals surface area (Å²) in [5.74, 6) is -0.634. The molecule has 0 fully saturated rings. The van der Waals surface area contributed by atoms with Gasteiger partial charge in [-0.1, -0.05) is 15.9 Å². The van der Waals surface area contributed by atoms with Crippen LogP contribution in [0.2, 0.25) is 0 Å². The number of aromatic hydroxyl groups is 1. The molecule has 2 rings (SSSR count). The van der Waals surface area contributed by atoms with E-state index in [-0.39, 0.29) is 11.7 Å². The molecule has 0 bridgehead atoms. The van der Waals surface area contributed by atoms with E-state index < -0.39 is 5.91 Å². The summed E-state index contributed by atoms with van der Waals surface area (Å²) in [7, 11) is 1.54. The van der Waals surface area contributed by atoms with Crippen LogP contribution in [0.15, 0.2) is 50.4 Å². The Morgan fingerprint density at radius 3 is 2.25 bits per heavy atom. The van der Waals surface area contributed by atoms with E-state index in [1.807, 2.05) is 0 Å². The van der Waals surface area contributed by atoms with Gasteiger partial charge >= 0.3 is 0 Å². The molecule has 0 aliphatic heterocycles. The summed E-state index contributed by atoms with van der Waals surface area (Å²) < 4.78 is 1.26. The van der Waals surface area contributed by atoms with Crippen LogP contribution in [0.25, 0.3) is 0 Å². The van der Waals surface area contributed by atoms with E-state index in [9.17, 15) is 14.7 Å². The van der Waals surface area contributed by atoms with Crippen LogP contribution in [0.1, 0.15) is 26.3 Å². The number of rotatable bonds is 4. The third-order valence-electron chi connectivity index (χ3n) is 3.06. The van der Waals surface area contributed by atoms with Crippen molar-refractivity contribution in [3.63, 3.8) is 0 Å². The fraction of sp³-hybridized carbons (Fsp3) is 0.0625. The number of carbonyl (C=O) groups is 2. The van der Waals surface area contributed by atoms with Gasteiger partial charge in [0.2, 0.25) is 0 Å². The number of phenols is 1. The van der Waals surface area contributed by atoms with E-state index in [0.29, 0.717) is 21.2 Å². The molecule has 0 aliphatic carbocycles. The second-order valence-corrected chi connectivity index (χ2v) is 6.45. The highest BCUT2D eigenvalue weighted by molar-refractivity contribution is 9.11. The molecule has 124 valence electrons. The molecule has 0 aliphatic rings. The first-order valence-electron chi connectivity index (χ1n) is 6.76. The number of halogens is 2. The minimum Gasteiger partial charge on any atom is -0.506 e. The number of phenolic OH excluding ortho intramolecular Hbond substituents is 1. The van der Waals surface area contributed by atoms with E-state index in [1.165, 1.54) is 25.4 Å². The molecule has 8 heteroatoms. The molecule has 0 unspecified atom stereocenters. The van der Waals surface area contributed by atoms with Crippen molar-refractivity contribution in [1.82, 2.24) is 10.7 Å². The quantitative estimate of drug-likeness (QED) is 0.489. The van der Waals surface area contributed by atoms with E-state index in [4.69, 9.17) is 0 Å². The first-order valence-corrected chi connectivity index (χ1v) is 8.34. The van der Waals surface area contributed by atoms with Crippen molar-refractivity contribution in [3.05, 3.63) is 62.0 Å². The molecule has 2 aromatic carbocycles. The van der Waals surface area contributed by atoms with Gasteiger partial charge in [0.15, 0.2) is 0 Å². The summed E-state index contributed by atoms with van der Waals surface area (Å²) in [6, 6.07) is 9.52. The summed E-state index contributed by atoms with van der Waals surface area (Å²) in [5, 5.41) is 16.2. The molecule has 2 aromatic rings. The minimum absolute atomic E-state index is 0.0196. The largest absolute Gasteiger partial charge is 0.506 e. The van der Waals surface area contributed by atoms with Gasteiger partial charge in [0, 0.05) is 28.2 Å². The van der Waals surface area contributed by atoms with Gasteiger partial charge in [-0.05, 0) is 52.3 Å². The molecule has 0 aromatic heterocycles. The molecule has 0 spiro atoms. The molecule has 0 heterocycles. The van der Waals surface area contributed by atoms with Crippen LogP contribution in [0, 0.1) is 0 Å². The van der Waals surface area contributed by atoms with Crippen LogP contribution >= 0.6 is 31.9 Å². The lowest BCUT2D eigenvalue weighted by Gasteiger charge is -2.04. The second-order valence-electron chi connectivity index (χ2n) is 4.68. The smallest absolute Gasteiger partial charge is 0.271 e. The Hall–Kier alpha value is -2.19. The molecule has 6 nitrogen and oxygen atoms in total. The lowest BCUT2D eigenvalue weighted by atomic mass is 10.1. The Bertz CT molecular complexity index is 805. The summed E-state index contributed by atoms with van der Waals surface area (Å²) in [5.41, 5.74) is 3.62. The SMILES string of the molecule is CNC(=O)c1ccc(C(=O)NN=Cc2cc(Br)cc(Br)c2O)cc1. The highest BCUT2D eigenvalue weighted by atomic mass is 79.9. The van der Waals surface area contributed by atoms with Gasteiger partial charge in [0.25, 0.3) is 11.8 Å². The number of carbonyl (C=O) groups excluding carboxylic acids is 2. The predicted molar refractivity (Wildman–Crippen MR) is 98.4 cm³/mol. The average molecular weight is 455 g/mol. The maximum Gasteiger partial charge on any atom is 0.271 e. The van der Waals surface area contributed by atoms with Gasteiger partial charge in [-0.2, -0.15) is 5.10 Å². The topological polar surface area (TPSA) is 90.8 Å². The number of amides is 2. The maximum atomic E-state index is 12.0. The molecule has 0 radical (unpaired) electrons. The number of nitrogens with one attached hydrogen (secondary N) is 2. The molecule has 0 saturated carbocycles. The number of benzene rings is 2. The molecule has 24 heavy (non-hydrogen) atoms. The number of hydrogen-bond acceptors (Lipinski definition) is 4. The number of hydrazone groups is 1. The normalized spacial score (nSPS) is 10.6. The molecule has 3 N–H and O–H groups in total. The summed E-state index contributed by atoms with van der Waals surface area (Å²) >= 11 is 6.52. The Balaban J connectivity index is 2.06. The van der Waals surface area contributed by atoms with Crippen LogP contribution in [0.3, 0.4) is 0 Å². The van der Waals surface area contributed by atoms with Gasteiger partial charge in [0.1, 0.15) is 5.75 Å². The van der Waals surface area contributed by atoms with Crippen molar-refractivity contribution in [3.8, 4) is 5.75 Å².